The minimum Gasteiger partial charge on any atom is -0.481 e. The largest absolute Gasteiger partial charge is 0.481 e. The highest BCUT2D eigenvalue weighted by Gasteiger charge is 2.76. The predicted molar refractivity (Wildman–Crippen MR) is 128 cm³/mol. The van der Waals surface area contributed by atoms with Crippen LogP contribution in [0.25, 0.3) is 0 Å². The highest BCUT2D eigenvalue weighted by molar-refractivity contribution is 8.02. The van der Waals surface area contributed by atoms with E-state index in [1.165, 1.54) is 16.7 Å². The molecule has 3 aliphatic heterocycles. The molecule has 1 aromatic rings. The second-order valence-electron chi connectivity index (χ2n) is 9.65. The molecular weight excluding hydrogens is 440 g/mol. The summed E-state index contributed by atoms with van der Waals surface area (Å²) in [5.41, 5.74) is 2.65. The monoisotopic (exact) mass is 472 g/mol. The molecule has 3 aliphatic rings. The molecule has 4 rings (SSSR count). The zero-order chi connectivity index (χ0) is 24.2. The van der Waals surface area contributed by atoms with Crippen molar-refractivity contribution in [3.8, 4) is 0 Å². The van der Waals surface area contributed by atoms with Crippen molar-refractivity contribution in [3.05, 3.63) is 42.0 Å². The fourth-order valence-corrected chi connectivity index (χ4v) is 8.78. The molecule has 1 aromatic carbocycles. The van der Waals surface area contributed by atoms with Gasteiger partial charge in [0.15, 0.2) is 0 Å². The number of anilines is 1. The van der Waals surface area contributed by atoms with Gasteiger partial charge in [-0.2, -0.15) is 0 Å². The quantitative estimate of drug-likeness (QED) is 0.592. The number of aliphatic carboxylic acids is 1. The molecule has 2 N–H and O–H groups in total. The Bertz CT molecular complexity index is 992. The maximum Gasteiger partial charge on any atom is 0.308 e. The maximum absolute atomic E-state index is 14.4. The molecule has 33 heavy (non-hydrogen) atoms. The van der Waals surface area contributed by atoms with Gasteiger partial charge in [-0.3, -0.25) is 14.4 Å². The van der Waals surface area contributed by atoms with Crippen LogP contribution in [0.15, 0.2) is 30.9 Å². The van der Waals surface area contributed by atoms with E-state index in [1.807, 2.05) is 39.0 Å². The Kier molecular flexibility index (Phi) is 6.12. The average molecular weight is 473 g/mol. The molecule has 0 aromatic heterocycles. The maximum atomic E-state index is 14.4. The lowest BCUT2D eigenvalue weighted by atomic mass is 9.66. The number of carbonyl (C=O) groups is 3. The van der Waals surface area contributed by atoms with E-state index < -0.39 is 34.6 Å². The topological polar surface area (TPSA) is 98.2 Å². The number of benzene rings is 1. The summed E-state index contributed by atoms with van der Waals surface area (Å²) in [7, 11) is 0. The summed E-state index contributed by atoms with van der Waals surface area (Å²) in [5, 5.41) is 19.8. The normalized spacial score (nSPS) is 33.2. The molecule has 2 bridgehead atoms. The molecule has 8 heteroatoms. The Balaban J connectivity index is 1.89. The number of nitrogens with zero attached hydrogens (tertiary/aromatic N) is 2. The Morgan fingerprint density at radius 3 is 2.55 bits per heavy atom. The first kappa shape index (κ1) is 23.8. The van der Waals surface area contributed by atoms with E-state index >= 15 is 0 Å². The number of rotatable bonds is 7. The summed E-state index contributed by atoms with van der Waals surface area (Å²) >= 11 is 1.51. The number of thioether (sulfide) groups is 1. The van der Waals surface area contributed by atoms with Gasteiger partial charge in [0.2, 0.25) is 5.91 Å². The van der Waals surface area contributed by atoms with Crippen molar-refractivity contribution >= 4 is 35.2 Å². The number of fused-ring (bicyclic) bond motifs is 1. The van der Waals surface area contributed by atoms with E-state index in [1.54, 1.807) is 17.9 Å². The number of carboxylic acid groups (broad SMARTS) is 1. The minimum atomic E-state index is -0.984. The van der Waals surface area contributed by atoms with Crippen molar-refractivity contribution < 1.29 is 24.6 Å². The standard InChI is InChI=1S/C25H32N2O5S/c1-6-10-26(20-13(2)8-7-9-14(20)3)23(30)21-25-15(4)11-17(33-25)18(24(31)32)19(25)22(29)27(21)16(5)12-28/h6-9,15-19,21,28H,1,10-12H2,2-5H3,(H,31,32)/t15?,16-,17-,18+,19+,21?,25?/m1/s1. The van der Waals surface area contributed by atoms with Gasteiger partial charge in [-0.25, -0.2) is 0 Å². The van der Waals surface area contributed by atoms with Gasteiger partial charge in [-0.15, -0.1) is 18.3 Å². The second kappa shape index (κ2) is 8.47. The van der Waals surface area contributed by atoms with Crippen molar-refractivity contribution in [1.82, 2.24) is 4.90 Å². The van der Waals surface area contributed by atoms with Crippen LogP contribution in [0.4, 0.5) is 5.69 Å². The van der Waals surface area contributed by atoms with Crippen molar-refractivity contribution in [2.24, 2.45) is 17.8 Å². The molecule has 3 unspecified atom stereocenters. The van der Waals surface area contributed by atoms with Crippen LogP contribution in [0.1, 0.15) is 31.4 Å². The molecule has 1 spiro atoms. The molecule has 3 heterocycles. The van der Waals surface area contributed by atoms with Crippen LogP contribution in [0.3, 0.4) is 0 Å². The lowest BCUT2D eigenvalue weighted by Gasteiger charge is -2.41. The smallest absolute Gasteiger partial charge is 0.308 e. The Morgan fingerprint density at radius 2 is 2.00 bits per heavy atom. The summed E-state index contributed by atoms with van der Waals surface area (Å²) in [6.45, 7) is 11.4. The van der Waals surface area contributed by atoms with Crippen LogP contribution in [-0.2, 0) is 14.4 Å². The van der Waals surface area contributed by atoms with Gasteiger partial charge < -0.3 is 20.0 Å². The lowest BCUT2D eigenvalue weighted by molar-refractivity contribution is -0.149. The van der Waals surface area contributed by atoms with Crippen molar-refractivity contribution in [1.29, 1.82) is 0 Å². The van der Waals surface area contributed by atoms with Gasteiger partial charge in [-0.1, -0.05) is 31.2 Å². The average Bonchev–Trinajstić information content (AvgIpc) is 3.35. The van der Waals surface area contributed by atoms with E-state index in [9.17, 15) is 24.6 Å². The molecule has 7 atom stereocenters. The molecule has 0 aliphatic carbocycles. The number of carboxylic acids is 1. The van der Waals surface area contributed by atoms with Crippen molar-refractivity contribution in [2.45, 2.75) is 56.2 Å². The third kappa shape index (κ3) is 3.25. The number of likely N-dealkylation sites (tertiary alicyclic amines) is 1. The summed E-state index contributed by atoms with van der Waals surface area (Å²) in [6.07, 6.45) is 2.32. The van der Waals surface area contributed by atoms with Crippen molar-refractivity contribution in [3.63, 3.8) is 0 Å². The molecule has 3 saturated heterocycles. The third-order valence-corrected chi connectivity index (χ3v) is 9.80. The number of aliphatic hydroxyl groups is 1. The summed E-state index contributed by atoms with van der Waals surface area (Å²) < 4.78 is -0.832. The second-order valence-corrected chi connectivity index (χ2v) is 11.2. The van der Waals surface area contributed by atoms with Gasteiger partial charge in [-0.05, 0) is 44.2 Å². The summed E-state index contributed by atoms with van der Waals surface area (Å²) in [5.74, 6) is -3.16. The van der Waals surface area contributed by atoms with Crippen LogP contribution in [0, 0.1) is 31.6 Å². The van der Waals surface area contributed by atoms with Crippen LogP contribution < -0.4 is 4.90 Å². The van der Waals surface area contributed by atoms with Gasteiger partial charge in [0, 0.05) is 17.5 Å². The fourth-order valence-electron chi connectivity index (χ4n) is 6.38. The van der Waals surface area contributed by atoms with Gasteiger partial charge >= 0.3 is 5.97 Å². The number of hydrogen-bond donors (Lipinski definition) is 2. The predicted octanol–water partition coefficient (Wildman–Crippen LogP) is 2.63. The van der Waals surface area contributed by atoms with Gasteiger partial charge in [0.25, 0.3) is 5.91 Å². The van der Waals surface area contributed by atoms with E-state index in [4.69, 9.17) is 0 Å². The number of para-hydroxylation sites is 1. The van der Waals surface area contributed by atoms with E-state index in [0.29, 0.717) is 6.42 Å². The number of aryl methyl sites for hydroxylation is 2. The number of amides is 2. The third-order valence-electron chi connectivity index (χ3n) is 7.73. The Labute approximate surface area is 198 Å². The zero-order valence-corrected chi connectivity index (χ0v) is 20.3. The molecular formula is C25H32N2O5S. The SMILES string of the molecule is C=CCN(C(=O)C1N([C@H](C)CO)C(=O)[C@@H]2[C@@H](C(=O)O)[C@H]3CC(C)C12S3)c1c(C)cccc1C. The molecule has 3 fully saturated rings. The molecule has 0 saturated carbocycles. The lowest BCUT2D eigenvalue weighted by Crippen LogP contribution is -2.59. The number of carbonyl (C=O) groups excluding carboxylic acids is 2. The Hall–Kier alpha value is -2.32. The number of aliphatic hydroxyl groups excluding tert-OH is 1. The summed E-state index contributed by atoms with van der Waals surface area (Å²) in [6, 6.07) is 4.37. The van der Waals surface area contributed by atoms with E-state index in [0.717, 1.165) is 16.8 Å². The van der Waals surface area contributed by atoms with Gasteiger partial charge in [0.05, 0.1) is 29.2 Å². The number of hydrogen-bond acceptors (Lipinski definition) is 5. The van der Waals surface area contributed by atoms with E-state index in [2.05, 4.69) is 6.58 Å². The molecule has 7 nitrogen and oxygen atoms in total. The van der Waals surface area contributed by atoms with Crippen LogP contribution in [0.5, 0.6) is 0 Å². The minimum absolute atomic E-state index is 0.00885. The molecule has 0 radical (unpaired) electrons. The zero-order valence-electron chi connectivity index (χ0n) is 19.5. The first-order valence-corrected chi connectivity index (χ1v) is 12.3. The highest BCUT2D eigenvalue weighted by Crippen LogP contribution is 2.69. The van der Waals surface area contributed by atoms with Crippen molar-refractivity contribution in [2.75, 3.05) is 18.1 Å². The van der Waals surface area contributed by atoms with Gasteiger partial charge in [0.1, 0.15) is 6.04 Å². The van der Waals surface area contributed by atoms with Crippen LogP contribution in [0.2, 0.25) is 0 Å². The summed E-state index contributed by atoms with van der Waals surface area (Å²) in [4.78, 5) is 43.5. The Morgan fingerprint density at radius 1 is 1.36 bits per heavy atom. The van der Waals surface area contributed by atoms with Crippen LogP contribution >= 0.6 is 11.8 Å². The highest BCUT2D eigenvalue weighted by atomic mass is 32.2. The van der Waals surface area contributed by atoms with E-state index in [-0.39, 0.29) is 36.1 Å². The fraction of sp³-hybridized carbons (Fsp3) is 0.560. The van der Waals surface area contributed by atoms with Crippen LogP contribution in [-0.4, -0.2) is 68.1 Å². The molecule has 178 valence electrons. The molecule has 2 amide bonds. The first-order chi connectivity index (χ1) is 15.6. The first-order valence-electron chi connectivity index (χ1n) is 11.4.